The smallest absolute Gasteiger partial charge is 0.233 e. The second-order valence-corrected chi connectivity index (χ2v) is 4.70. The van der Waals surface area contributed by atoms with Crippen LogP contribution in [0.25, 0.3) is 0 Å². The van der Waals surface area contributed by atoms with Gasteiger partial charge < -0.3 is 10.1 Å². The number of rotatable bonds is 5. The Morgan fingerprint density at radius 3 is 2.72 bits per heavy atom. The zero-order chi connectivity index (χ0) is 11.9. The first-order valence-corrected chi connectivity index (χ1v) is 6.48. The minimum Gasteiger partial charge on any atom is -0.477 e. The number of halogens is 1. The summed E-state index contributed by atoms with van der Waals surface area (Å²) < 4.78 is 5.56. The van der Waals surface area contributed by atoms with E-state index in [-0.39, 0.29) is 12.4 Å². The average Bonchev–Trinajstić information content (AvgIpc) is 2.38. The molecular weight excluding hydrogens is 250 g/mol. The number of aryl methyl sites for hydroxylation is 1. The fourth-order valence-corrected chi connectivity index (χ4v) is 2.18. The Bertz CT molecular complexity index is 326. The molecular formula is C13H22ClN3O. The van der Waals surface area contributed by atoms with Gasteiger partial charge in [0, 0.05) is 6.07 Å². The first-order chi connectivity index (χ1) is 8.34. The van der Waals surface area contributed by atoms with Gasteiger partial charge in [0.1, 0.15) is 0 Å². The predicted molar refractivity (Wildman–Crippen MR) is 74.3 cm³/mol. The fraction of sp³-hybridized carbons (Fsp3) is 0.692. The Morgan fingerprint density at radius 2 is 2.06 bits per heavy atom. The molecule has 1 aromatic rings. The van der Waals surface area contributed by atoms with Gasteiger partial charge in [0.15, 0.2) is 0 Å². The molecule has 18 heavy (non-hydrogen) atoms. The zero-order valence-corrected chi connectivity index (χ0v) is 11.7. The molecule has 0 bridgehead atoms. The quantitative estimate of drug-likeness (QED) is 0.836. The van der Waals surface area contributed by atoms with Crippen molar-refractivity contribution >= 4 is 12.4 Å². The maximum Gasteiger partial charge on any atom is 0.233 e. The lowest BCUT2D eigenvalue weighted by Gasteiger charge is -2.22. The molecule has 1 fully saturated rings. The maximum absolute atomic E-state index is 5.56. The van der Waals surface area contributed by atoms with Crippen LogP contribution in [0.5, 0.6) is 5.88 Å². The number of hydrogen-bond acceptors (Lipinski definition) is 4. The predicted octanol–water partition coefficient (Wildman–Crippen LogP) is 2.37. The summed E-state index contributed by atoms with van der Waals surface area (Å²) in [6.45, 7) is 5.03. The van der Waals surface area contributed by atoms with Gasteiger partial charge in [-0.15, -0.1) is 17.5 Å². The highest BCUT2D eigenvalue weighted by atomic mass is 35.5. The Kier molecular flexibility index (Phi) is 6.98. The Morgan fingerprint density at radius 1 is 1.28 bits per heavy atom. The van der Waals surface area contributed by atoms with Crippen LogP contribution in [0.1, 0.15) is 31.4 Å². The van der Waals surface area contributed by atoms with Crippen molar-refractivity contribution in [1.82, 2.24) is 15.5 Å². The van der Waals surface area contributed by atoms with Crippen LogP contribution in [-0.2, 0) is 0 Å². The van der Waals surface area contributed by atoms with E-state index in [0.717, 1.165) is 24.6 Å². The number of nitrogens with one attached hydrogen (secondary N) is 1. The lowest BCUT2D eigenvalue weighted by Crippen LogP contribution is -2.27. The largest absolute Gasteiger partial charge is 0.477 e. The van der Waals surface area contributed by atoms with Gasteiger partial charge in [-0.1, -0.05) is 0 Å². The summed E-state index contributed by atoms with van der Waals surface area (Å²) in [7, 11) is 0. The van der Waals surface area contributed by atoms with Crippen LogP contribution in [0.4, 0.5) is 0 Å². The van der Waals surface area contributed by atoms with Crippen molar-refractivity contribution in [2.24, 2.45) is 5.92 Å². The van der Waals surface area contributed by atoms with Gasteiger partial charge in [0.05, 0.1) is 12.3 Å². The van der Waals surface area contributed by atoms with Crippen molar-refractivity contribution < 1.29 is 4.74 Å². The number of aromatic nitrogens is 2. The van der Waals surface area contributed by atoms with Crippen molar-refractivity contribution in [2.45, 2.75) is 32.6 Å². The minimum absolute atomic E-state index is 0. The van der Waals surface area contributed by atoms with Gasteiger partial charge in [0.25, 0.3) is 0 Å². The van der Waals surface area contributed by atoms with Crippen LogP contribution in [0, 0.1) is 12.8 Å². The Balaban J connectivity index is 0.00000162. The molecule has 102 valence electrons. The third-order valence-corrected chi connectivity index (χ3v) is 3.24. The van der Waals surface area contributed by atoms with Gasteiger partial charge in [-0.3, -0.25) is 0 Å². The summed E-state index contributed by atoms with van der Waals surface area (Å²) in [4.78, 5) is 0. The van der Waals surface area contributed by atoms with Crippen molar-refractivity contribution in [3.63, 3.8) is 0 Å². The molecule has 0 saturated carbocycles. The van der Waals surface area contributed by atoms with E-state index < -0.39 is 0 Å². The van der Waals surface area contributed by atoms with E-state index in [0.29, 0.717) is 5.88 Å². The van der Waals surface area contributed by atoms with Crippen molar-refractivity contribution in [1.29, 1.82) is 0 Å². The molecule has 0 aliphatic carbocycles. The van der Waals surface area contributed by atoms with Crippen LogP contribution in [0.2, 0.25) is 0 Å². The van der Waals surface area contributed by atoms with E-state index in [4.69, 9.17) is 4.74 Å². The summed E-state index contributed by atoms with van der Waals surface area (Å²) in [5.74, 6) is 1.52. The lowest BCUT2D eigenvalue weighted by atomic mass is 9.93. The molecule has 0 radical (unpaired) electrons. The van der Waals surface area contributed by atoms with Crippen LogP contribution >= 0.6 is 12.4 Å². The molecule has 4 nitrogen and oxygen atoms in total. The first-order valence-electron chi connectivity index (χ1n) is 6.48. The molecule has 0 spiro atoms. The van der Waals surface area contributed by atoms with Crippen LogP contribution in [0.3, 0.4) is 0 Å². The minimum atomic E-state index is 0. The van der Waals surface area contributed by atoms with Crippen molar-refractivity contribution in [3.05, 3.63) is 17.8 Å². The summed E-state index contributed by atoms with van der Waals surface area (Å²) in [6, 6.07) is 3.81. The van der Waals surface area contributed by atoms with Gasteiger partial charge in [0.2, 0.25) is 5.88 Å². The topological polar surface area (TPSA) is 47.0 Å². The molecule has 1 N–H and O–H groups in total. The summed E-state index contributed by atoms with van der Waals surface area (Å²) >= 11 is 0. The second-order valence-electron chi connectivity index (χ2n) is 4.70. The lowest BCUT2D eigenvalue weighted by molar-refractivity contribution is 0.264. The number of ether oxygens (including phenoxy) is 1. The molecule has 2 heterocycles. The molecule has 1 aliphatic rings. The van der Waals surface area contributed by atoms with Crippen LogP contribution < -0.4 is 10.1 Å². The summed E-state index contributed by atoms with van der Waals surface area (Å²) in [5.41, 5.74) is 0.923. The third-order valence-electron chi connectivity index (χ3n) is 3.24. The number of hydrogen-bond donors (Lipinski definition) is 1. The summed E-state index contributed by atoms with van der Waals surface area (Å²) in [6.07, 6.45) is 5.00. The number of nitrogens with zero attached hydrogens (tertiary/aromatic N) is 2. The third kappa shape index (κ3) is 5.19. The highest BCUT2D eigenvalue weighted by Crippen LogP contribution is 2.17. The van der Waals surface area contributed by atoms with Crippen molar-refractivity contribution in [2.75, 3.05) is 19.7 Å². The first kappa shape index (κ1) is 15.2. The van der Waals surface area contributed by atoms with Crippen LogP contribution in [0.15, 0.2) is 12.1 Å². The zero-order valence-electron chi connectivity index (χ0n) is 10.9. The molecule has 5 heteroatoms. The van der Waals surface area contributed by atoms with E-state index >= 15 is 0 Å². The average molecular weight is 272 g/mol. The molecule has 0 unspecified atom stereocenters. The second kappa shape index (κ2) is 8.27. The standard InChI is InChI=1S/C13H21N3O.ClH/c1-11-4-5-13(16-15-11)17-10-2-3-12-6-8-14-9-7-12;/h4-5,12,14H,2-3,6-10H2,1H3;1H. The molecule has 0 amide bonds. The molecule has 2 rings (SSSR count). The fourth-order valence-electron chi connectivity index (χ4n) is 2.18. The highest BCUT2D eigenvalue weighted by Gasteiger charge is 2.12. The normalized spacial score (nSPS) is 16.1. The Labute approximate surface area is 115 Å². The Hall–Kier alpha value is -0.870. The SMILES string of the molecule is Cc1ccc(OCCCC2CCNCC2)nn1.Cl. The maximum atomic E-state index is 5.56. The molecule has 0 aromatic carbocycles. The van der Waals surface area contributed by atoms with Gasteiger partial charge in [-0.25, -0.2) is 0 Å². The number of piperidine rings is 1. The van der Waals surface area contributed by atoms with E-state index in [2.05, 4.69) is 15.5 Å². The summed E-state index contributed by atoms with van der Waals surface area (Å²) in [5, 5.41) is 11.3. The van der Waals surface area contributed by atoms with E-state index in [1.165, 1.54) is 32.4 Å². The highest BCUT2D eigenvalue weighted by molar-refractivity contribution is 5.85. The molecule has 1 aliphatic heterocycles. The van der Waals surface area contributed by atoms with E-state index in [1.807, 2.05) is 19.1 Å². The van der Waals surface area contributed by atoms with E-state index in [9.17, 15) is 0 Å². The van der Waals surface area contributed by atoms with Gasteiger partial charge in [-0.05, 0) is 57.7 Å². The molecule has 1 aromatic heterocycles. The van der Waals surface area contributed by atoms with Gasteiger partial charge >= 0.3 is 0 Å². The molecule has 0 atom stereocenters. The van der Waals surface area contributed by atoms with E-state index in [1.54, 1.807) is 0 Å². The van der Waals surface area contributed by atoms with Crippen molar-refractivity contribution in [3.8, 4) is 5.88 Å². The molecule has 1 saturated heterocycles. The van der Waals surface area contributed by atoms with Crippen LogP contribution in [-0.4, -0.2) is 29.9 Å². The monoisotopic (exact) mass is 271 g/mol. The van der Waals surface area contributed by atoms with Gasteiger partial charge in [-0.2, -0.15) is 5.10 Å².